The van der Waals surface area contributed by atoms with E-state index in [1.807, 2.05) is 0 Å². The van der Waals surface area contributed by atoms with E-state index >= 15 is 0 Å². The maximum absolute atomic E-state index is 12.0. The van der Waals surface area contributed by atoms with Gasteiger partial charge in [0.25, 0.3) is 5.91 Å². The Morgan fingerprint density at radius 2 is 2.05 bits per heavy atom. The van der Waals surface area contributed by atoms with E-state index in [2.05, 4.69) is 15.2 Å². The van der Waals surface area contributed by atoms with Crippen molar-refractivity contribution in [2.24, 2.45) is 0 Å². The molecule has 1 amide bonds. The molecular formula is C13H22N4O2S. The topological polar surface area (TPSA) is 91.5 Å². The van der Waals surface area contributed by atoms with Crippen molar-refractivity contribution >= 4 is 28.2 Å². The van der Waals surface area contributed by atoms with Crippen molar-refractivity contribution in [2.75, 3.05) is 36.9 Å². The number of carbonyl (C=O) groups is 1. The zero-order chi connectivity index (χ0) is 14.4. The van der Waals surface area contributed by atoms with Gasteiger partial charge in [-0.25, -0.2) is 4.98 Å². The molecule has 20 heavy (non-hydrogen) atoms. The molecule has 2 rings (SSSR count). The summed E-state index contributed by atoms with van der Waals surface area (Å²) in [5, 5.41) is 12.3. The molecule has 0 aromatic carbocycles. The quantitative estimate of drug-likeness (QED) is 0.711. The Morgan fingerprint density at radius 1 is 1.35 bits per heavy atom. The first kappa shape index (κ1) is 15.1. The van der Waals surface area contributed by atoms with E-state index in [0.717, 1.165) is 31.1 Å². The highest BCUT2D eigenvalue weighted by molar-refractivity contribution is 7.18. The van der Waals surface area contributed by atoms with Gasteiger partial charge >= 0.3 is 0 Å². The summed E-state index contributed by atoms with van der Waals surface area (Å²) in [6.07, 6.45) is 5.39. The van der Waals surface area contributed by atoms with Gasteiger partial charge in [-0.15, -0.1) is 0 Å². The Labute approximate surface area is 123 Å². The number of aliphatic hydroxyl groups is 1. The normalized spacial score (nSPS) is 15.9. The number of nitrogens with two attached hydrogens (primary N) is 1. The van der Waals surface area contributed by atoms with Gasteiger partial charge in [0.2, 0.25) is 0 Å². The summed E-state index contributed by atoms with van der Waals surface area (Å²) in [6, 6.07) is 0. The molecule has 0 saturated carbocycles. The molecule has 1 aliphatic rings. The van der Waals surface area contributed by atoms with Gasteiger partial charge in [-0.1, -0.05) is 24.2 Å². The van der Waals surface area contributed by atoms with Crippen LogP contribution < -0.4 is 16.0 Å². The minimum Gasteiger partial charge on any atom is -0.396 e. The fourth-order valence-corrected chi connectivity index (χ4v) is 3.19. The molecular weight excluding hydrogens is 276 g/mol. The first-order valence-corrected chi connectivity index (χ1v) is 7.94. The van der Waals surface area contributed by atoms with E-state index in [1.165, 1.54) is 24.2 Å². The number of anilines is 2. The van der Waals surface area contributed by atoms with Gasteiger partial charge in [-0.2, -0.15) is 0 Å². The Morgan fingerprint density at radius 3 is 2.70 bits per heavy atom. The third-order valence-corrected chi connectivity index (χ3v) is 4.48. The fourth-order valence-electron chi connectivity index (χ4n) is 2.24. The summed E-state index contributed by atoms with van der Waals surface area (Å²) < 4.78 is 0. The number of aliphatic hydroxyl groups excluding tert-OH is 1. The molecule has 1 fully saturated rings. The number of hydrogen-bond acceptors (Lipinski definition) is 6. The summed E-state index contributed by atoms with van der Waals surface area (Å²) in [5.41, 5.74) is 5.85. The summed E-state index contributed by atoms with van der Waals surface area (Å²) in [7, 11) is 0. The molecule has 1 aromatic heterocycles. The van der Waals surface area contributed by atoms with Crippen LogP contribution in [0.2, 0.25) is 0 Å². The number of nitrogen functional groups attached to an aromatic ring is 1. The lowest BCUT2D eigenvalue weighted by atomic mass is 10.2. The minimum absolute atomic E-state index is 0.0669. The van der Waals surface area contributed by atoms with Gasteiger partial charge < -0.3 is 21.1 Å². The predicted octanol–water partition coefficient (Wildman–Crippen LogP) is 1.22. The first-order chi connectivity index (χ1) is 9.72. The molecule has 4 N–H and O–H groups in total. The number of aromatic nitrogens is 1. The van der Waals surface area contributed by atoms with Crippen LogP contribution in [-0.2, 0) is 0 Å². The zero-order valence-corrected chi connectivity index (χ0v) is 12.4. The highest BCUT2D eigenvalue weighted by atomic mass is 32.1. The predicted molar refractivity (Wildman–Crippen MR) is 81.2 cm³/mol. The lowest BCUT2D eigenvalue weighted by molar-refractivity contribution is 0.0956. The van der Waals surface area contributed by atoms with Crippen LogP contribution in [0.4, 0.5) is 10.9 Å². The van der Waals surface area contributed by atoms with E-state index in [4.69, 9.17) is 10.8 Å². The molecule has 0 bridgehead atoms. The molecule has 6 nitrogen and oxygen atoms in total. The maximum atomic E-state index is 12.0. The molecule has 1 aromatic rings. The molecule has 0 atom stereocenters. The zero-order valence-electron chi connectivity index (χ0n) is 11.6. The summed E-state index contributed by atoms with van der Waals surface area (Å²) >= 11 is 1.36. The first-order valence-electron chi connectivity index (χ1n) is 7.12. The van der Waals surface area contributed by atoms with E-state index in [1.54, 1.807) is 0 Å². The number of amides is 1. The van der Waals surface area contributed by atoms with Gasteiger partial charge in [0.15, 0.2) is 5.13 Å². The average Bonchev–Trinajstić information content (AvgIpc) is 2.66. The molecule has 0 radical (unpaired) electrons. The molecule has 0 unspecified atom stereocenters. The van der Waals surface area contributed by atoms with Crippen LogP contribution in [0.15, 0.2) is 0 Å². The standard InChI is InChI=1S/C13H22N4O2S/c14-11-10(12(19)15-6-5-9-18)20-13(16-11)17-7-3-1-2-4-8-17/h18H,1-9,14H2,(H,15,19). The maximum Gasteiger partial charge on any atom is 0.265 e. The second kappa shape index (κ2) is 7.44. The largest absolute Gasteiger partial charge is 0.396 e. The molecule has 0 aliphatic carbocycles. The van der Waals surface area contributed by atoms with E-state index in [0.29, 0.717) is 23.7 Å². The van der Waals surface area contributed by atoms with Crippen LogP contribution in [0.1, 0.15) is 41.8 Å². The second-order valence-corrected chi connectivity index (χ2v) is 5.92. The fraction of sp³-hybridized carbons (Fsp3) is 0.692. The Balaban J connectivity index is 2.02. The number of nitrogens with zero attached hydrogens (tertiary/aromatic N) is 2. The lowest BCUT2D eigenvalue weighted by Crippen LogP contribution is -2.25. The van der Waals surface area contributed by atoms with Crippen molar-refractivity contribution in [3.05, 3.63) is 4.88 Å². The van der Waals surface area contributed by atoms with E-state index in [9.17, 15) is 4.79 Å². The van der Waals surface area contributed by atoms with Crippen molar-refractivity contribution in [1.82, 2.24) is 10.3 Å². The smallest absolute Gasteiger partial charge is 0.265 e. The van der Waals surface area contributed by atoms with Gasteiger partial charge in [0, 0.05) is 26.2 Å². The van der Waals surface area contributed by atoms with Crippen LogP contribution >= 0.6 is 11.3 Å². The molecule has 2 heterocycles. The molecule has 1 aliphatic heterocycles. The number of hydrogen-bond donors (Lipinski definition) is 3. The summed E-state index contributed by atoms with van der Waals surface area (Å²) in [6.45, 7) is 2.49. The van der Waals surface area contributed by atoms with Gasteiger partial charge in [0.1, 0.15) is 10.7 Å². The van der Waals surface area contributed by atoms with Crippen molar-refractivity contribution in [2.45, 2.75) is 32.1 Å². The van der Waals surface area contributed by atoms with Crippen LogP contribution in [0.5, 0.6) is 0 Å². The Hall–Kier alpha value is -1.34. The van der Waals surface area contributed by atoms with Crippen LogP contribution in [0, 0.1) is 0 Å². The monoisotopic (exact) mass is 298 g/mol. The minimum atomic E-state index is -0.200. The van der Waals surface area contributed by atoms with Crippen molar-refractivity contribution < 1.29 is 9.90 Å². The number of rotatable bonds is 5. The summed E-state index contributed by atoms with van der Waals surface area (Å²) in [4.78, 5) is 19.0. The molecule has 1 saturated heterocycles. The number of carbonyl (C=O) groups excluding carboxylic acids is 1. The van der Waals surface area contributed by atoms with Crippen molar-refractivity contribution in [3.63, 3.8) is 0 Å². The second-order valence-electron chi connectivity index (χ2n) is 4.95. The molecule has 7 heteroatoms. The molecule has 0 spiro atoms. The lowest BCUT2D eigenvalue weighted by Gasteiger charge is -2.18. The van der Waals surface area contributed by atoms with Crippen LogP contribution in [-0.4, -0.2) is 42.2 Å². The highest BCUT2D eigenvalue weighted by Gasteiger charge is 2.20. The Bertz CT molecular complexity index is 442. The third kappa shape index (κ3) is 3.83. The van der Waals surface area contributed by atoms with E-state index in [-0.39, 0.29) is 12.5 Å². The number of thiazole rings is 1. The van der Waals surface area contributed by atoms with E-state index < -0.39 is 0 Å². The van der Waals surface area contributed by atoms with Gasteiger partial charge in [-0.3, -0.25) is 4.79 Å². The summed E-state index contributed by atoms with van der Waals surface area (Å²) in [5.74, 6) is 0.102. The van der Waals surface area contributed by atoms with Gasteiger partial charge in [0.05, 0.1) is 0 Å². The Kier molecular flexibility index (Phi) is 5.60. The van der Waals surface area contributed by atoms with Crippen LogP contribution in [0.3, 0.4) is 0 Å². The van der Waals surface area contributed by atoms with Gasteiger partial charge in [-0.05, 0) is 19.3 Å². The molecule has 112 valence electrons. The SMILES string of the molecule is Nc1nc(N2CCCCCC2)sc1C(=O)NCCCO. The van der Waals surface area contributed by atoms with Crippen molar-refractivity contribution in [3.8, 4) is 0 Å². The third-order valence-electron chi connectivity index (χ3n) is 3.35. The average molecular weight is 298 g/mol. The number of nitrogens with one attached hydrogen (secondary N) is 1. The van der Waals surface area contributed by atoms with Crippen LogP contribution in [0.25, 0.3) is 0 Å². The van der Waals surface area contributed by atoms with Crippen molar-refractivity contribution in [1.29, 1.82) is 0 Å². The highest BCUT2D eigenvalue weighted by Crippen LogP contribution is 2.29.